The van der Waals surface area contributed by atoms with Gasteiger partial charge in [0.1, 0.15) is 6.61 Å². The minimum Gasteiger partial charge on any atom is -0.449 e. The summed E-state index contributed by atoms with van der Waals surface area (Å²) in [6.45, 7) is -1.20. The van der Waals surface area contributed by atoms with E-state index >= 15 is 0 Å². The van der Waals surface area contributed by atoms with Crippen molar-refractivity contribution < 1.29 is 27.8 Å². The van der Waals surface area contributed by atoms with Crippen molar-refractivity contribution in [3.63, 3.8) is 0 Å². The Bertz CT molecular complexity index is 1110. The molecule has 4 nitrogen and oxygen atoms in total. The number of rotatable bonds is 5. The zero-order valence-corrected chi connectivity index (χ0v) is 17.5. The number of halogens is 4. The summed E-state index contributed by atoms with van der Waals surface area (Å²) in [5, 5.41) is 12.2. The van der Waals surface area contributed by atoms with Gasteiger partial charge in [0.2, 0.25) is 5.60 Å². The van der Waals surface area contributed by atoms with E-state index in [1.165, 1.54) is 18.2 Å². The third kappa shape index (κ3) is 3.94. The van der Waals surface area contributed by atoms with Crippen molar-refractivity contribution in [3.05, 3.63) is 94.5 Å². The number of hydrogen-bond donors (Lipinski definition) is 2. The summed E-state index contributed by atoms with van der Waals surface area (Å²) in [6.07, 6.45) is -6.14. The molecule has 0 saturated carbocycles. The highest BCUT2D eigenvalue weighted by Crippen LogP contribution is 2.44. The van der Waals surface area contributed by atoms with Gasteiger partial charge in [-0.3, -0.25) is 0 Å². The lowest BCUT2D eigenvalue weighted by atomic mass is 9.93. The Balaban J connectivity index is 1.47. The summed E-state index contributed by atoms with van der Waals surface area (Å²) in [4.78, 5) is 12.3. The third-order valence-corrected chi connectivity index (χ3v) is 5.95. The fourth-order valence-electron chi connectivity index (χ4n) is 3.99. The zero-order valence-electron chi connectivity index (χ0n) is 16.7. The molecule has 1 aliphatic rings. The van der Waals surface area contributed by atoms with Crippen molar-refractivity contribution in [1.29, 1.82) is 0 Å². The lowest BCUT2D eigenvalue weighted by Crippen LogP contribution is -2.51. The molecule has 3 aromatic rings. The summed E-state index contributed by atoms with van der Waals surface area (Å²) in [6, 6.07) is 20.5. The van der Waals surface area contributed by atoms with Crippen LogP contribution in [0.1, 0.15) is 22.6 Å². The molecule has 0 bridgehead atoms. The van der Waals surface area contributed by atoms with Gasteiger partial charge in [-0.25, -0.2) is 4.79 Å². The average Bonchev–Trinajstić information content (AvgIpc) is 3.09. The van der Waals surface area contributed by atoms with Gasteiger partial charge < -0.3 is 15.2 Å². The fraction of sp³-hybridized carbons (Fsp3) is 0.208. The molecule has 2 N–H and O–H groups in total. The molecule has 0 saturated heterocycles. The van der Waals surface area contributed by atoms with Crippen LogP contribution in [0.25, 0.3) is 11.1 Å². The van der Waals surface area contributed by atoms with Crippen molar-refractivity contribution in [1.82, 2.24) is 5.32 Å². The number of amides is 1. The normalized spacial score (nSPS) is 14.9. The van der Waals surface area contributed by atoms with E-state index in [9.17, 15) is 23.1 Å². The first-order valence-corrected chi connectivity index (χ1v) is 10.2. The molecule has 1 unspecified atom stereocenters. The predicted octanol–water partition coefficient (Wildman–Crippen LogP) is 5.63. The number of carbonyl (C=O) groups is 1. The van der Waals surface area contributed by atoms with Crippen molar-refractivity contribution in [2.24, 2.45) is 0 Å². The number of hydrogen-bond acceptors (Lipinski definition) is 3. The summed E-state index contributed by atoms with van der Waals surface area (Å²) in [7, 11) is 0. The first kappa shape index (κ1) is 22.2. The molecule has 1 atom stereocenters. The molecule has 0 radical (unpaired) electrons. The monoisotopic (exact) mass is 461 g/mol. The largest absolute Gasteiger partial charge is 0.449 e. The molecule has 0 heterocycles. The quantitative estimate of drug-likeness (QED) is 0.518. The summed E-state index contributed by atoms with van der Waals surface area (Å²) in [5.41, 5.74) is 0.100. The first-order chi connectivity index (χ1) is 15.2. The van der Waals surface area contributed by atoms with Gasteiger partial charge in [-0.1, -0.05) is 78.3 Å². The smallest absolute Gasteiger partial charge is 0.423 e. The highest BCUT2D eigenvalue weighted by Gasteiger charge is 2.56. The molecule has 4 rings (SSSR count). The Labute approximate surface area is 187 Å². The van der Waals surface area contributed by atoms with E-state index in [4.69, 9.17) is 16.3 Å². The summed E-state index contributed by atoms with van der Waals surface area (Å²) < 4.78 is 46.3. The molecule has 1 aliphatic carbocycles. The van der Waals surface area contributed by atoms with Crippen molar-refractivity contribution in [2.45, 2.75) is 17.7 Å². The maximum atomic E-state index is 13.7. The molecule has 0 fully saturated rings. The Morgan fingerprint density at radius 3 is 2.03 bits per heavy atom. The molecule has 8 heteroatoms. The van der Waals surface area contributed by atoms with E-state index in [1.54, 1.807) is 0 Å². The Morgan fingerprint density at radius 1 is 0.938 bits per heavy atom. The van der Waals surface area contributed by atoms with Crippen LogP contribution in [-0.2, 0) is 10.3 Å². The third-order valence-electron chi connectivity index (χ3n) is 5.62. The van der Waals surface area contributed by atoms with Crippen LogP contribution in [0.5, 0.6) is 0 Å². The standard InChI is InChI=1S/C24H19ClF3NO3/c25-21-12-6-5-11-20(21)23(31,24(26,27)28)14-29-22(30)32-13-19-17-9-3-1-7-15(17)16-8-2-4-10-18(16)19/h1-12,19,31H,13-14H2,(H,29,30). The second-order valence-electron chi connectivity index (χ2n) is 7.52. The number of alkyl halides is 3. The second kappa shape index (κ2) is 8.48. The fourth-order valence-corrected chi connectivity index (χ4v) is 4.29. The van der Waals surface area contributed by atoms with Gasteiger partial charge >= 0.3 is 12.3 Å². The molecule has 166 valence electrons. The number of carbonyl (C=O) groups excluding carboxylic acids is 1. The van der Waals surface area contributed by atoms with E-state index in [1.807, 2.05) is 53.8 Å². The number of alkyl carbamates (subject to hydrolysis) is 1. The molecule has 32 heavy (non-hydrogen) atoms. The molecular formula is C24H19ClF3NO3. The molecule has 0 aromatic heterocycles. The molecule has 0 spiro atoms. The van der Waals surface area contributed by atoms with Crippen LogP contribution in [0.15, 0.2) is 72.8 Å². The zero-order chi connectivity index (χ0) is 22.9. The van der Waals surface area contributed by atoms with Crippen LogP contribution in [0.2, 0.25) is 5.02 Å². The topological polar surface area (TPSA) is 58.6 Å². The van der Waals surface area contributed by atoms with Gasteiger partial charge in [0, 0.05) is 16.5 Å². The van der Waals surface area contributed by atoms with Gasteiger partial charge in [0.15, 0.2) is 0 Å². The minimum atomic E-state index is -5.07. The van der Waals surface area contributed by atoms with E-state index in [2.05, 4.69) is 0 Å². The maximum Gasteiger partial charge on any atom is 0.423 e. The minimum absolute atomic E-state index is 0.0591. The highest BCUT2D eigenvalue weighted by atomic mass is 35.5. The number of fused-ring (bicyclic) bond motifs is 3. The van der Waals surface area contributed by atoms with Crippen LogP contribution < -0.4 is 5.32 Å². The van der Waals surface area contributed by atoms with Crippen molar-refractivity contribution in [3.8, 4) is 11.1 Å². The predicted molar refractivity (Wildman–Crippen MR) is 114 cm³/mol. The van der Waals surface area contributed by atoms with E-state index < -0.39 is 30.0 Å². The van der Waals surface area contributed by atoms with Gasteiger partial charge in [-0.2, -0.15) is 13.2 Å². The van der Waals surface area contributed by atoms with Crippen LogP contribution in [0.3, 0.4) is 0 Å². The van der Waals surface area contributed by atoms with Crippen molar-refractivity contribution >= 4 is 17.7 Å². The maximum absolute atomic E-state index is 13.7. The Kier molecular flexibility index (Phi) is 5.88. The Hall–Kier alpha value is -3.03. The number of benzene rings is 3. The lowest BCUT2D eigenvalue weighted by Gasteiger charge is -2.31. The lowest BCUT2D eigenvalue weighted by molar-refractivity contribution is -0.263. The van der Waals surface area contributed by atoms with Crippen LogP contribution in [0, 0.1) is 0 Å². The van der Waals surface area contributed by atoms with Gasteiger partial charge in [0.25, 0.3) is 0 Å². The number of nitrogens with one attached hydrogen (secondary N) is 1. The molecular weight excluding hydrogens is 443 g/mol. The first-order valence-electron chi connectivity index (χ1n) is 9.85. The van der Waals surface area contributed by atoms with Crippen molar-refractivity contribution in [2.75, 3.05) is 13.2 Å². The summed E-state index contributed by atoms with van der Waals surface area (Å²) in [5.74, 6) is -0.238. The molecule has 3 aromatic carbocycles. The second-order valence-corrected chi connectivity index (χ2v) is 7.92. The van der Waals surface area contributed by atoms with Crippen LogP contribution in [-0.4, -0.2) is 30.5 Å². The number of ether oxygens (including phenoxy) is 1. The van der Waals surface area contributed by atoms with Gasteiger partial charge in [0.05, 0.1) is 6.54 Å². The average molecular weight is 462 g/mol. The van der Waals surface area contributed by atoms with Crippen LogP contribution >= 0.6 is 11.6 Å². The highest BCUT2D eigenvalue weighted by molar-refractivity contribution is 6.31. The van der Waals surface area contributed by atoms with Gasteiger partial charge in [-0.15, -0.1) is 0 Å². The Morgan fingerprint density at radius 2 is 1.47 bits per heavy atom. The number of aliphatic hydroxyl groups is 1. The molecule has 1 amide bonds. The summed E-state index contributed by atoms with van der Waals surface area (Å²) >= 11 is 5.87. The van der Waals surface area contributed by atoms with Crippen LogP contribution in [0.4, 0.5) is 18.0 Å². The van der Waals surface area contributed by atoms with E-state index in [0.717, 1.165) is 28.3 Å². The SMILES string of the molecule is O=C(NCC(O)(c1ccccc1Cl)C(F)(F)F)OCC1c2ccccc2-c2ccccc21. The van der Waals surface area contributed by atoms with E-state index in [0.29, 0.717) is 0 Å². The van der Waals surface area contributed by atoms with Gasteiger partial charge in [-0.05, 0) is 28.3 Å². The molecule has 0 aliphatic heterocycles. The van der Waals surface area contributed by atoms with E-state index in [-0.39, 0.29) is 17.5 Å².